The zero-order valence-corrected chi connectivity index (χ0v) is 28.7. The van der Waals surface area contributed by atoms with Crippen molar-refractivity contribution in [2.24, 2.45) is 0 Å². The molecule has 12 nitrogen and oxygen atoms in total. The molecule has 1 aliphatic heterocycles. The van der Waals surface area contributed by atoms with Gasteiger partial charge in [0.2, 0.25) is 11.8 Å². The fourth-order valence-electron chi connectivity index (χ4n) is 5.42. The van der Waals surface area contributed by atoms with Gasteiger partial charge in [-0.3, -0.25) is 9.59 Å². The third-order valence-corrected chi connectivity index (χ3v) is 8.35. The summed E-state index contributed by atoms with van der Waals surface area (Å²) in [7, 11) is 0. The first-order valence-corrected chi connectivity index (χ1v) is 16.9. The van der Waals surface area contributed by atoms with Crippen LogP contribution in [0.1, 0.15) is 71.7 Å². The van der Waals surface area contributed by atoms with Gasteiger partial charge in [0.25, 0.3) is 11.8 Å². The predicted octanol–water partition coefficient (Wildman–Crippen LogP) is 6.77. The molecule has 2 amide bonds. The van der Waals surface area contributed by atoms with E-state index >= 15 is 0 Å². The molecule has 1 fully saturated rings. The maximum absolute atomic E-state index is 15.0. The van der Waals surface area contributed by atoms with Gasteiger partial charge in [-0.15, -0.1) is 0 Å². The average Bonchev–Trinajstić information content (AvgIpc) is 3.53. The third-order valence-electron chi connectivity index (χ3n) is 8.05. The lowest BCUT2D eigenvalue weighted by atomic mass is 10.1. The number of anilines is 2. The van der Waals surface area contributed by atoms with E-state index in [4.69, 9.17) is 25.6 Å². The molecule has 5 rings (SSSR count). The summed E-state index contributed by atoms with van der Waals surface area (Å²) in [6.45, 7) is 10.3. The molecule has 0 spiro atoms. The highest BCUT2D eigenvalue weighted by Gasteiger charge is 2.21. The lowest BCUT2D eigenvalue weighted by Crippen LogP contribution is -2.31. The Morgan fingerprint density at radius 3 is 2.53 bits per heavy atom. The molecule has 4 aromatic rings. The lowest BCUT2D eigenvalue weighted by Gasteiger charge is -2.26. The first-order chi connectivity index (χ1) is 23.7. The molecule has 0 bridgehead atoms. The lowest BCUT2D eigenvalue weighted by molar-refractivity contribution is 0.0772. The summed E-state index contributed by atoms with van der Waals surface area (Å²) >= 11 is 6.55. The van der Waals surface area contributed by atoms with E-state index in [1.807, 2.05) is 13.8 Å². The van der Waals surface area contributed by atoms with Gasteiger partial charge in [0.15, 0.2) is 11.6 Å². The largest absolute Gasteiger partial charge is 0.490 e. The molecule has 1 aliphatic rings. The highest BCUT2D eigenvalue weighted by Crippen LogP contribution is 2.32. The molecule has 2 N–H and O–H groups in total. The smallest absolute Gasteiger partial charge is 0.258 e. The van der Waals surface area contributed by atoms with E-state index in [1.54, 1.807) is 36.1 Å². The maximum atomic E-state index is 15.0. The van der Waals surface area contributed by atoms with Crippen LogP contribution in [-0.4, -0.2) is 76.1 Å². The van der Waals surface area contributed by atoms with Gasteiger partial charge in [-0.2, -0.15) is 4.98 Å². The van der Waals surface area contributed by atoms with Gasteiger partial charge in [0, 0.05) is 49.2 Å². The van der Waals surface area contributed by atoms with Crippen LogP contribution in [-0.2, 0) is 6.54 Å². The van der Waals surface area contributed by atoms with Crippen molar-refractivity contribution >= 4 is 35.1 Å². The number of benzene rings is 2. The minimum absolute atomic E-state index is 0.00427. The van der Waals surface area contributed by atoms with Crippen LogP contribution >= 0.6 is 11.6 Å². The molecule has 49 heavy (non-hydrogen) atoms. The summed E-state index contributed by atoms with van der Waals surface area (Å²) < 4.78 is 31.8. The molecule has 3 heterocycles. The quantitative estimate of drug-likeness (QED) is 0.129. The van der Waals surface area contributed by atoms with E-state index in [-0.39, 0.29) is 46.4 Å². The normalized spacial score (nSPS) is 13.2. The van der Waals surface area contributed by atoms with Crippen molar-refractivity contribution in [1.82, 2.24) is 30.2 Å². The summed E-state index contributed by atoms with van der Waals surface area (Å²) in [5.41, 5.74) is 1.29. The second-order valence-corrected chi connectivity index (χ2v) is 12.0. The fourth-order valence-corrected chi connectivity index (χ4v) is 5.64. The number of amides is 2. The Morgan fingerprint density at radius 2 is 1.84 bits per heavy atom. The van der Waals surface area contributed by atoms with Gasteiger partial charge in [-0.1, -0.05) is 23.2 Å². The van der Waals surface area contributed by atoms with Gasteiger partial charge in [-0.25, -0.2) is 9.37 Å². The predicted molar refractivity (Wildman–Crippen MR) is 183 cm³/mol. The number of aromatic nitrogens is 3. The van der Waals surface area contributed by atoms with Crippen LogP contribution in [0.4, 0.5) is 16.0 Å². The van der Waals surface area contributed by atoms with Crippen molar-refractivity contribution in [3.63, 3.8) is 0 Å². The number of carbonyl (C=O) groups is 2. The Morgan fingerprint density at radius 1 is 1.06 bits per heavy atom. The average molecular weight is 694 g/mol. The van der Waals surface area contributed by atoms with E-state index in [1.165, 1.54) is 43.7 Å². The monoisotopic (exact) mass is 693 g/mol. The van der Waals surface area contributed by atoms with Crippen LogP contribution in [0.2, 0.25) is 5.02 Å². The first kappa shape index (κ1) is 35.6. The Kier molecular flexibility index (Phi) is 12.4. The first-order valence-electron chi connectivity index (χ1n) is 16.5. The summed E-state index contributed by atoms with van der Waals surface area (Å²) in [5.74, 6) is -0.408. The number of ether oxygens (including phenoxy) is 2. The molecular weight excluding hydrogens is 653 g/mol. The topological polar surface area (TPSA) is 135 Å². The molecule has 0 atom stereocenters. The van der Waals surface area contributed by atoms with Gasteiger partial charge in [0.05, 0.1) is 18.2 Å². The number of rotatable bonds is 15. The second kappa shape index (κ2) is 17.1. The number of aryl methyl sites for hydroxylation is 1. The molecule has 1 saturated heterocycles. The fraction of sp³-hybridized carbons (Fsp3) is 0.400. The highest BCUT2D eigenvalue weighted by atomic mass is 35.5. The van der Waals surface area contributed by atoms with Crippen molar-refractivity contribution in [3.05, 3.63) is 82.1 Å². The van der Waals surface area contributed by atoms with E-state index in [2.05, 4.69) is 30.7 Å². The Balaban J connectivity index is 1.31. The van der Waals surface area contributed by atoms with Crippen LogP contribution in [0.25, 0.3) is 0 Å². The number of piperidine rings is 1. The van der Waals surface area contributed by atoms with E-state index < -0.39 is 11.7 Å². The molecule has 2 aromatic heterocycles. The van der Waals surface area contributed by atoms with Gasteiger partial charge in [0.1, 0.15) is 22.8 Å². The molecule has 0 aliphatic carbocycles. The number of hydrogen-bond donors (Lipinski definition) is 2. The number of nitrogens with one attached hydrogen (secondary N) is 2. The third kappa shape index (κ3) is 9.67. The zero-order chi connectivity index (χ0) is 34.8. The standard InChI is InChI=1S/C35H41ClFN7O5/c1-4-44(5-2)34(46)24-10-12-30(28(36)19-24)48-33-27(32(45)38-21-26-18-23(3)49-42-26)22-39-35(41-33)40-25-11-13-31(29(37)20-25)47-17-9-16-43-14-7-6-8-15-43/h10-13,18-20,22H,4-9,14-17,21H2,1-3H3,(H,38,45)(H,39,40,41). The van der Waals surface area contributed by atoms with Crippen LogP contribution in [0.5, 0.6) is 17.4 Å². The Labute approximate surface area is 289 Å². The van der Waals surface area contributed by atoms with E-state index in [9.17, 15) is 14.0 Å². The number of halogens is 2. The number of nitrogens with zero attached hydrogens (tertiary/aromatic N) is 5. The molecule has 14 heteroatoms. The van der Waals surface area contributed by atoms with Crippen molar-refractivity contribution in [2.45, 2.75) is 53.0 Å². The summed E-state index contributed by atoms with van der Waals surface area (Å²) in [5, 5.41) is 9.74. The van der Waals surface area contributed by atoms with Crippen LogP contribution in [0.15, 0.2) is 53.2 Å². The second-order valence-electron chi connectivity index (χ2n) is 11.6. The zero-order valence-electron chi connectivity index (χ0n) is 27.9. The van der Waals surface area contributed by atoms with E-state index in [0.717, 1.165) is 26.1 Å². The minimum atomic E-state index is -0.542. The number of carbonyl (C=O) groups excluding carboxylic acids is 2. The van der Waals surface area contributed by atoms with Crippen LogP contribution in [0, 0.1) is 12.7 Å². The summed E-state index contributed by atoms with van der Waals surface area (Å²) in [6, 6.07) is 10.8. The Hall–Kier alpha value is -4.75. The molecular formula is C35H41ClFN7O5. The molecule has 0 saturated carbocycles. The molecule has 0 radical (unpaired) electrons. The molecule has 0 unspecified atom stereocenters. The summed E-state index contributed by atoms with van der Waals surface area (Å²) in [6.07, 6.45) is 5.83. The summed E-state index contributed by atoms with van der Waals surface area (Å²) in [4.78, 5) is 38.9. The van der Waals surface area contributed by atoms with Crippen molar-refractivity contribution in [2.75, 3.05) is 44.6 Å². The Bertz CT molecular complexity index is 1740. The van der Waals surface area contributed by atoms with Gasteiger partial charge in [-0.05, 0) is 83.5 Å². The SMILES string of the molecule is CCN(CC)C(=O)c1ccc(Oc2nc(Nc3ccc(OCCCN4CCCCC4)c(F)c3)ncc2C(=O)NCc2cc(C)on2)c(Cl)c1. The van der Waals surface area contributed by atoms with Crippen molar-refractivity contribution in [3.8, 4) is 17.4 Å². The highest BCUT2D eigenvalue weighted by molar-refractivity contribution is 6.32. The van der Waals surface area contributed by atoms with Gasteiger partial charge < -0.3 is 34.4 Å². The van der Waals surface area contributed by atoms with Crippen molar-refractivity contribution < 1.29 is 28.0 Å². The van der Waals surface area contributed by atoms with Crippen LogP contribution in [0.3, 0.4) is 0 Å². The molecule has 260 valence electrons. The van der Waals surface area contributed by atoms with Crippen LogP contribution < -0.4 is 20.1 Å². The van der Waals surface area contributed by atoms with Crippen molar-refractivity contribution in [1.29, 1.82) is 0 Å². The van der Waals surface area contributed by atoms with Gasteiger partial charge >= 0.3 is 0 Å². The number of hydrogen-bond acceptors (Lipinski definition) is 10. The maximum Gasteiger partial charge on any atom is 0.258 e. The number of likely N-dealkylation sites (tertiary alicyclic amines) is 1. The molecule has 2 aromatic carbocycles. The minimum Gasteiger partial charge on any atom is -0.490 e. The van der Waals surface area contributed by atoms with E-state index in [0.29, 0.717) is 42.4 Å².